The summed E-state index contributed by atoms with van der Waals surface area (Å²) in [5, 5.41) is 9.50. The molecule has 2 atom stereocenters. The largest absolute Gasteiger partial charge is 0.465 e. The first-order valence-electron chi connectivity index (χ1n) is 8.73. The Morgan fingerprint density at radius 2 is 1.63 bits per heavy atom. The molecular weight excluding hydrogens is 342 g/mol. The normalized spacial score (nSPS) is 12.5. The molecule has 0 saturated carbocycles. The molecule has 0 aliphatic rings. The maximum Gasteiger partial charge on any atom is 0.324 e. The molecule has 2 aromatic carbocycles. The second-order valence-electron chi connectivity index (χ2n) is 6.19. The van der Waals surface area contributed by atoms with Crippen LogP contribution >= 0.6 is 0 Å². The van der Waals surface area contributed by atoms with Gasteiger partial charge in [0.1, 0.15) is 0 Å². The van der Waals surface area contributed by atoms with Gasteiger partial charge in [0.15, 0.2) is 17.5 Å². The Balaban J connectivity index is 2.36. The van der Waals surface area contributed by atoms with E-state index in [1.54, 1.807) is 61.5 Å². The lowest BCUT2D eigenvalue weighted by Gasteiger charge is -2.19. The van der Waals surface area contributed by atoms with E-state index < -0.39 is 23.6 Å². The summed E-state index contributed by atoms with van der Waals surface area (Å²) in [4.78, 5) is 37.9. The van der Waals surface area contributed by atoms with Gasteiger partial charge in [0, 0.05) is 17.5 Å². The van der Waals surface area contributed by atoms with E-state index in [0.717, 1.165) is 5.56 Å². The summed E-state index contributed by atoms with van der Waals surface area (Å²) >= 11 is 0. The average Bonchev–Trinajstić information content (AvgIpc) is 2.68. The molecule has 0 bridgehead atoms. The van der Waals surface area contributed by atoms with E-state index in [1.165, 1.54) is 0 Å². The molecule has 0 radical (unpaired) electrons. The molecule has 0 amide bonds. The smallest absolute Gasteiger partial charge is 0.324 e. The van der Waals surface area contributed by atoms with Gasteiger partial charge in [-0.3, -0.25) is 14.4 Å². The molecule has 2 rings (SSSR count). The molecule has 0 heterocycles. The van der Waals surface area contributed by atoms with Gasteiger partial charge in [-0.15, -0.1) is 0 Å². The van der Waals surface area contributed by atoms with E-state index in [-0.39, 0.29) is 18.8 Å². The quantitative estimate of drug-likeness (QED) is 0.526. The van der Waals surface area contributed by atoms with E-state index in [1.807, 2.05) is 13.0 Å². The van der Waals surface area contributed by atoms with Crippen LogP contribution in [0.2, 0.25) is 0 Å². The summed E-state index contributed by atoms with van der Waals surface area (Å²) in [6, 6.07) is 17.2. The van der Waals surface area contributed by atoms with Crippen molar-refractivity contribution in [1.29, 1.82) is 5.26 Å². The van der Waals surface area contributed by atoms with Crippen LogP contribution in [0.15, 0.2) is 54.6 Å². The van der Waals surface area contributed by atoms with E-state index in [4.69, 9.17) is 4.74 Å². The highest BCUT2D eigenvalue weighted by Gasteiger charge is 2.37. The van der Waals surface area contributed by atoms with Crippen LogP contribution in [0.5, 0.6) is 0 Å². The van der Waals surface area contributed by atoms with Crippen molar-refractivity contribution in [2.75, 3.05) is 6.61 Å². The Kier molecular flexibility index (Phi) is 7.01. The topological polar surface area (TPSA) is 84.2 Å². The van der Waals surface area contributed by atoms with Crippen LogP contribution in [0.25, 0.3) is 0 Å². The standard InChI is InChI=1S/C22H21NO4/c1-3-27-22(26)19(14-23)18(13-20(24)16-7-5-4-6-8-16)21(25)17-11-9-15(2)10-12-17/h4-12,18-19H,3,13H2,1-2H3. The molecule has 27 heavy (non-hydrogen) atoms. The number of benzene rings is 2. The van der Waals surface area contributed by atoms with Crippen LogP contribution < -0.4 is 0 Å². The number of carbonyl (C=O) groups is 3. The van der Waals surface area contributed by atoms with Gasteiger partial charge in [-0.1, -0.05) is 60.2 Å². The molecule has 0 spiro atoms. The number of hydrogen-bond acceptors (Lipinski definition) is 5. The van der Waals surface area contributed by atoms with Crippen LogP contribution in [-0.2, 0) is 9.53 Å². The molecule has 0 saturated heterocycles. The Bertz CT molecular complexity index is 850. The Morgan fingerprint density at radius 3 is 2.19 bits per heavy atom. The molecule has 5 heteroatoms. The average molecular weight is 363 g/mol. The number of ether oxygens (including phenoxy) is 1. The van der Waals surface area contributed by atoms with E-state index >= 15 is 0 Å². The highest BCUT2D eigenvalue weighted by Crippen LogP contribution is 2.25. The molecule has 2 unspecified atom stereocenters. The number of esters is 1. The zero-order valence-electron chi connectivity index (χ0n) is 15.3. The lowest BCUT2D eigenvalue weighted by Crippen LogP contribution is -2.32. The van der Waals surface area contributed by atoms with Crippen molar-refractivity contribution in [3.05, 3.63) is 71.3 Å². The minimum atomic E-state index is -1.34. The van der Waals surface area contributed by atoms with Crippen LogP contribution in [0.4, 0.5) is 0 Å². The van der Waals surface area contributed by atoms with Crippen molar-refractivity contribution < 1.29 is 19.1 Å². The summed E-state index contributed by atoms with van der Waals surface area (Å²) in [6.07, 6.45) is -0.242. The maximum absolute atomic E-state index is 13.0. The zero-order valence-corrected chi connectivity index (χ0v) is 15.3. The molecule has 0 N–H and O–H groups in total. The lowest BCUT2D eigenvalue weighted by molar-refractivity contribution is -0.147. The Hall–Kier alpha value is -3.26. The molecule has 0 fully saturated rings. The highest BCUT2D eigenvalue weighted by molar-refractivity contribution is 6.05. The second kappa shape index (κ2) is 9.44. The van der Waals surface area contributed by atoms with Crippen LogP contribution in [-0.4, -0.2) is 24.1 Å². The first-order chi connectivity index (χ1) is 13.0. The van der Waals surface area contributed by atoms with Crippen LogP contribution in [0.3, 0.4) is 0 Å². The van der Waals surface area contributed by atoms with Crippen molar-refractivity contribution in [1.82, 2.24) is 0 Å². The third-order valence-corrected chi connectivity index (χ3v) is 4.26. The lowest BCUT2D eigenvalue weighted by atomic mass is 9.81. The van der Waals surface area contributed by atoms with Crippen LogP contribution in [0.1, 0.15) is 39.6 Å². The summed E-state index contributed by atoms with van der Waals surface area (Å²) < 4.78 is 4.94. The fourth-order valence-corrected chi connectivity index (χ4v) is 2.77. The van der Waals surface area contributed by atoms with Gasteiger partial charge >= 0.3 is 5.97 Å². The third kappa shape index (κ3) is 5.11. The van der Waals surface area contributed by atoms with Gasteiger partial charge in [0.05, 0.1) is 18.6 Å². The van der Waals surface area contributed by atoms with E-state index in [9.17, 15) is 19.6 Å². The van der Waals surface area contributed by atoms with Gasteiger partial charge in [-0.2, -0.15) is 5.26 Å². The summed E-state index contributed by atoms with van der Waals surface area (Å²) in [7, 11) is 0. The first-order valence-corrected chi connectivity index (χ1v) is 8.73. The molecule has 0 aliphatic carbocycles. The number of aryl methyl sites for hydroxylation is 1. The molecule has 138 valence electrons. The number of ketones is 2. The van der Waals surface area contributed by atoms with Gasteiger partial charge in [0.25, 0.3) is 0 Å². The molecule has 5 nitrogen and oxygen atoms in total. The first kappa shape index (κ1) is 20.1. The summed E-state index contributed by atoms with van der Waals surface area (Å²) in [5.74, 6) is -3.95. The fraction of sp³-hybridized carbons (Fsp3) is 0.273. The minimum absolute atomic E-state index is 0.0923. The number of Topliss-reactive ketones (excluding diaryl/α,β-unsaturated/α-hetero) is 2. The summed E-state index contributed by atoms with van der Waals surface area (Å²) in [6.45, 7) is 3.61. The van der Waals surface area contributed by atoms with Crippen molar-refractivity contribution in [2.24, 2.45) is 11.8 Å². The number of rotatable bonds is 8. The fourth-order valence-electron chi connectivity index (χ4n) is 2.77. The molecule has 0 aromatic heterocycles. The van der Waals surface area contributed by atoms with Crippen molar-refractivity contribution in [3.63, 3.8) is 0 Å². The third-order valence-electron chi connectivity index (χ3n) is 4.26. The summed E-state index contributed by atoms with van der Waals surface area (Å²) in [5.41, 5.74) is 1.77. The van der Waals surface area contributed by atoms with Crippen molar-refractivity contribution >= 4 is 17.5 Å². The predicted molar refractivity (Wildman–Crippen MR) is 100 cm³/mol. The second-order valence-corrected chi connectivity index (χ2v) is 6.19. The highest BCUT2D eigenvalue weighted by atomic mass is 16.5. The zero-order chi connectivity index (χ0) is 19.8. The van der Waals surface area contributed by atoms with Gasteiger partial charge in [0.2, 0.25) is 0 Å². The minimum Gasteiger partial charge on any atom is -0.465 e. The van der Waals surface area contributed by atoms with Gasteiger partial charge in [-0.25, -0.2) is 0 Å². The maximum atomic E-state index is 13.0. The number of carbonyl (C=O) groups excluding carboxylic acids is 3. The number of nitrogens with zero attached hydrogens (tertiary/aromatic N) is 1. The SMILES string of the molecule is CCOC(=O)C(C#N)C(CC(=O)c1ccccc1)C(=O)c1ccc(C)cc1. The van der Waals surface area contributed by atoms with Crippen molar-refractivity contribution in [2.45, 2.75) is 20.3 Å². The van der Waals surface area contributed by atoms with E-state index in [0.29, 0.717) is 11.1 Å². The van der Waals surface area contributed by atoms with Crippen molar-refractivity contribution in [3.8, 4) is 6.07 Å². The Labute approximate surface area is 158 Å². The van der Waals surface area contributed by atoms with Gasteiger partial charge < -0.3 is 4.74 Å². The monoisotopic (exact) mass is 363 g/mol. The predicted octanol–water partition coefficient (Wildman–Crippen LogP) is 3.77. The number of nitriles is 1. The molecule has 2 aromatic rings. The number of hydrogen-bond donors (Lipinski definition) is 0. The van der Waals surface area contributed by atoms with Crippen LogP contribution in [0, 0.1) is 30.1 Å². The van der Waals surface area contributed by atoms with E-state index in [2.05, 4.69) is 0 Å². The van der Waals surface area contributed by atoms with Gasteiger partial charge in [-0.05, 0) is 13.8 Å². The molecular formula is C22H21NO4. The molecule has 0 aliphatic heterocycles. The Morgan fingerprint density at radius 1 is 1.00 bits per heavy atom.